The lowest BCUT2D eigenvalue weighted by Crippen LogP contribution is -2.53. The zero-order valence-corrected chi connectivity index (χ0v) is 36.8. The maximum Gasteiger partial charge on any atom is 0.248 e. The molecule has 0 radical (unpaired) electrons. The molecule has 0 spiro atoms. The minimum atomic E-state index is -3.75. The first-order chi connectivity index (χ1) is 27.7. The Balaban J connectivity index is 0.000000181. The first-order valence-electron chi connectivity index (χ1n) is 20.8. The Labute approximate surface area is 349 Å². The molecule has 8 rings (SSSR count). The summed E-state index contributed by atoms with van der Waals surface area (Å²) in [5.74, 6) is -3.23. The number of hydrogen-bond donors (Lipinski definition) is 1. The summed E-state index contributed by atoms with van der Waals surface area (Å²) in [4.78, 5) is 9.74. The summed E-state index contributed by atoms with van der Waals surface area (Å²) in [5, 5.41) is 9.45. The summed E-state index contributed by atoms with van der Waals surface area (Å²) in [6.45, 7) is 13.4. The Kier molecular flexibility index (Phi) is 11.9. The average molecular weight is 885 g/mol. The molecule has 2 aromatic carbocycles. The van der Waals surface area contributed by atoms with Gasteiger partial charge in [-0.1, -0.05) is 41.5 Å². The van der Waals surface area contributed by atoms with E-state index in [0.29, 0.717) is 49.8 Å². The second-order valence-electron chi connectivity index (χ2n) is 19.4. The summed E-state index contributed by atoms with van der Waals surface area (Å²) < 4.78 is 125. The summed E-state index contributed by atoms with van der Waals surface area (Å²) in [7, 11) is -7.41. The number of aliphatic hydroxyl groups is 1. The molecule has 0 amide bonds. The molecule has 4 heterocycles. The Bertz CT molecular complexity index is 2260. The van der Waals surface area contributed by atoms with Crippen LogP contribution in [0.5, 0.6) is 0 Å². The highest BCUT2D eigenvalue weighted by Gasteiger charge is 2.40. The number of nitrogens with zero attached hydrogens (tertiary/aromatic N) is 6. The molecule has 11 nitrogen and oxygen atoms in total. The minimum absolute atomic E-state index is 0.0841. The van der Waals surface area contributed by atoms with E-state index in [4.69, 9.17) is 9.97 Å². The molecule has 0 unspecified atom stereocenters. The topological polar surface area (TPSA) is 131 Å². The normalized spacial score (nSPS) is 21.8. The molecule has 2 aromatic heterocycles. The van der Waals surface area contributed by atoms with Gasteiger partial charge in [0.1, 0.15) is 17.8 Å². The Morgan fingerprint density at radius 2 is 0.983 bits per heavy atom. The third kappa shape index (κ3) is 9.27. The fourth-order valence-electron chi connectivity index (χ4n) is 8.63. The quantitative estimate of drug-likeness (QED) is 0.178. The number of alkyl halides is 5. The molecule has 18 heteroatoms. The van der Waals surface area contributed by atoms with Crippen LogP contribution in [-0.4, -0.2) is 100.0 Å². The summed E-state index contributed by atoms with van der Waals surface area (Å²) in [5.41, 5.74) is 2.18. The van der Waals surface area contributed by atoms with E-state index in [9.17, 15) is 43.9 Å². The minimum Gasteiger partial charge on any atom is -0.390 e. The van der Waals surface area contributed by atoms with E-state index in [1.54, 1.807) is 24.3 Å². The van der Waals surface area contributed by atoms with E-state index >= 15 is 0 Å². The van der Waals surface area contributed by atoms with Crippen molar-refractivity contribution in [1.29, 1.82) is 0 Å². The zero-order valence-electron chi connectivity index (χ0n) is 35.1. The van der Waals surface area contributed by atoms with Gasteiger partial charge in [0.05, 0.1) is 38.0 Å². The number of aromatic nitrogens is 4. The first-order valence-corrected chi connectivity index (χ1v) is 23.7. The van der Waals surface area contributed by atoms with Gasteiger partial charge in [-0.2, -0.15) is 8.61 Å². The van der Waals surface area contributed by atoms with Crippen molar-refractivity contribution in [2.45, 2.75) is 151 Å². The summed E-state index contributed by atoms with van der Waals surface area (Å²) >= 11 is 0. The third-order valence-electron chi connectivity index (χ3n) is 12.2. The van der Waals surface area contributed by atoms with Gasteiger partial charge in [0.25, 0.3) is 0 Å². The number of hydrogen-bond acceptors (Lipinski definition) is 7. The van der Waals surface area contributed by atoms with Crippen LogP contribution in [0.2, 0.25) is 0 Å². The van der Waals surface area contributed by atoms with Crippen molar-refractivity contribution in [3.63, 3.8) is 0 Å². The highest BCUT2D eigenvalue weighted by atomic mass is 32.2. The van der Waals surface area contributed by atoms with Crippen molar-refractivity contribution < 1.29 is 43.9 Å². The fraction of sp³-hybridized carbons (Fsp3) is 0.667. The maximum absolute atomic E-state index is 13.6. The van der Waals surface area contributed by atoms with Gasteiger partial charge in [0.15, 0.2) is 0 Å². The second kappa shape index (κ2) is 15.9. The molecule has 60 heavy (non-hydrogen) atoms. The number of β-amino-alcohol motifs (C(OH)–C–C–N with tert-alkyl or cyclic N) is 1. The average Bonchev–Trinajstić information content (AvgIpc) is 3.69. The standard InChI is InChI=1S/C21H28F3N3O2S.C21H29F2N3O3S/c1-20(2,3)19-25-17-10-16(30(28,29)26-12-15(22)13-26)4-5-18(17)27(19)11-14-6-8-21(23,24)9-7-14;1-20(2,3)19-24-17-10-16(30(28,29)25-12-15(27)13-25)4-5-18(17)26(19)11-14-6-8-21(22,23)9-7-14/h4-5,10,14-15H,6-9,11-13H2,1-3H3;4-5,10,14-15,27H,6-9,11-13H2,1-3H3. The molecule has 2 saturated carbocycles. The molecule has 0 atom stereocenters. The SMILES string of the molecule is CC(C)(C)c1nc2cc(S(=O)(=O)N3CC(F)C3)ccc2n1CC1CCC(F)(F)CC1.CC(C)(C)c1nc2cc(S(=O)(=O)N3CC(O)C3)ccc2n1CC1CCC(F)(F)CC1. The van der Waals surface area contributed by atoms with Crippen LogP contribution in [0.25, 0.3) is 22.1 Å². The van der Waals surface area contributed by atoms with Crippen molar-refractivity contribution in [3.8, 4) is 0 Å². The maximum atomic E-state index is 13.6. The van der Waals surface area contributed by atoms with Gasteiger partial charge in [0.2, 0.25) is 31.9 Å². The zero-order chi connectivity index (χ0) is 43.8. The van der Waals surface area contributed by atoms with Crippen LogP contribution in [0.1, 0.15) is 105 Å². The van der Waals surface area contributed by atoms with E-state index in [0.717, 1.165) is 27.0 Å². The van der Waals surface area contributed by atoms with Crippen LogP contribution in [0.3, 0.4) is 0 Å². The van der Waals surface area contributed by atoms with E-state index < -0.39 is 44.2 Å². The Morgan fingerprint density at radius 1 is 0.633 bits per heavy atom. The second-order valence-corrected chi connectivity index (χ2v) is 23.3. The van der Waals surface area contributed by atoms with Gasteiger partial charge in [0, 0.05) is 75.8 Å². The van der Waals surface area contributed by atoms with Gasteiger partial charge < -0.3 is 14.2 Å². The van der Waals surface area contributed by atoms with E-state index in [1.807, 2.05) is 41.5 Å². The predicted molar refractivity (Wildman–Crippen MR) is 219 cm³/mol. The molecular weight excluding hydrogens is 828 g/mol. The van der Waals surface area contributed by atoms with Crippen LogP contribution in [0.4, 0.5) is 22.0 Å². The van der Waals surface area contributed by atoms with Crippen LogP contribution >= 0.6 is 0 Å². The van der Waals surface area contributed by atoms with E-state index in [2.05, 4.69) is 9.13 Å². The van der Waals surface area contributed by atoms with Crippen molar-refractivity contribution >= 4 is 42.1 Å². The van der Waals surface area contributed by atoms with Gasteiger partial charge >= 0.3 is 0 Å². The van der Waals surface area contributed by atoms with Gasteiger partial charge in [-0.15, -0.1) is 0 Å². The molecular formula is C42H57F5N6O5S2. The van der Waals surface area contributed by atoms with E-state index in [-0.39, 0.29) is 84.3 Å². The monoisotopic (exact) mass is 884 g/mol. The number of fused-ring (bicyclic) bond motifs is 2. The summed E-state index contributed by atoms with van der Waals surface area (Å²) in [6, 6.07) is 9.71. The first kappa shape index (κ1) is 44.9. The predicted octanol–water partition coefficient (Wildman–Crippen LogP) is 8.03. The van der Waals surface area contributed by atoms with Crippen molar-refractivity contribution in [1.82, 2.24) is 27.7 Å². The molecule has 2 aliphatic heterocycles. The Hall–Kier alpha value is -3.19. The molecule has 2 saturated heterocycles. The molecule has 4 aliphatic rings. The van der Waals surface area contributed by atoms with Crippen molar-refractivity contribution in [3.05, 3.63) is 48.0 Å². The molecule has 4 fully saturated rings. The van der Waals surface area contributed by atoms with Gasteiger partial charge in [-0.05, 0) is 73.9 Å². The molecule has 332 valence electrons. The molecule has 0 bridgehead atoms. The lowest BCUT2D eigenvalue weighted by atomic mass is 9.86. The van der Waals surface area contributed by atoms with Crippen LogP contribution in [0.15, 0.2) is 46.2 Å². The van der Waals surface area contributed by atoms with Crippen molar-refractivity contribution in [2.75, 3.05) is 26.2 Å². The van der Waals surface area contributed by atoms with Crippen LogP contribution in [0, 0.1) is 11.8 Å². The molecule has 4 aromatic rings. The number of rotatable bonds is 8. The Morgan fingerprint density at radius 3 is 1.30 bits per heavy atom. The fourth-order valence-corrected chi connectivity index (χ4v) is 11.7. The third-order valence-corrected chi connectivity index (χ3v) is 15.9. The molecule has 1 N–H and O–H groups in total. The number of benzene rings is 2. The van der Waals surface area contributed by atoms with Crippen molar-refractivity contribution in [2.24, 2.45) is 11.8 Å². The van der Waals surface area contributed by atoms with Crippen LogP contribution in [-0.2, 0) is 44.0 Å². The van der Waals surface area contributed by atoms with Gasteiger partial charge in [-0.25, -0.2) is 48.8 Å². The lowest BCUT2D eigenvalue weighted by Gasteiger charge is -2.34. The number of sulfonamides is 2. The number of halogens is 5. The van der Waals surface area contributed by atoms with E-state index in [1.165, 1.54) is 16.4 Å². The number of aliphatic hydroxyl groups excluding tert-OH is 1. The van der Waals surface area contributed by atoms with Gasteiger partial charge in [-0.3, -0.25) is 0 Å². The highest BCUT2D eigenvalue weighted by molar-refractivity contribution is 7.89. The smallest absolute Gasteiger partial charge is 0.248 e. The summed E-state index contributed by atoms with van der Waals surface area (Å²) in [6.07, 6.45) is -0.217. The largest absolute Gasteiger partial charge is 0.390 e. The molecule has 2 aliphatic carbocycles. The number of imidazole rings is 2. The highest BCUT2D eigenvalue weighted by Crippen LogP contribution is 2.40. The van der Waals surface area contributed by atoms with Crippen LogP contribution < -0.4 is 0 Å². The lowest BCUT2D eigenvalue weighted by molar-refractivity contribution is -0.0478.